The summed E-state index contributed by atoms with van der Waals surface area (Å²) in [6.07, 6.45) is 0.962. The van der Waals surface area contributed by atoms with Crippen LogP contribution in [0.3, 0.4) is 0 Å². The maximum atomic E-state index is 9.08. The third-order valence-corrected chi connectivity index (χ3v) is 3.08. The first-order valence-corrected chi connectivity index (χ1v) is 4.74. The van der Waals surface area contributed by atoms with Crippen LogP contribution in [0.2, 0.25) is 5.02 Å². The molecule has 1 aromatic rings. The topological polar surface area (TPSA) is 23.8 Å². The summed E-state index contributed by atoms with van der Waals surface area (Å²) in [4.78, 5) is 0. The van der Waals surface area contributed by atoms with Crippen molar-refractivity contribution in [3.8, 4) is 6.07 Å². The van der Waals surface area contributed by atoms with Crippen LogP contribution < -0.4 is 0 Å². The highest BCUT2D eigenvalue weighted by molar-refractivity contribution is 6.30. The predicted octanol–water partition coefficient (Wildman–Crippen LogP) is 3.14. The molecule has 2 atom stereocenters. The number of rotatable bonds is 1. The first-order valence-electron chi connectivity index (χ1n) is 4.36. The van der Waals surface area contributed by atoms with Crippen molar-refractivity contribution in [2.75, 3.05) is 0 Å². The molecule has 13 heavy (non-hydrogen) atoms. The van der Waals surface area contributed by atoms with Crippen LogP contribution in [0.25, 0.3) is 0 Å². The van der Waals surface area contributed by atoms with Gasteiger partial charge in [-0.15, -0.1) is 0 Å². The summed E-state index contributed by atoms with van der Waals surface area (Å²) in [7, 11) is 0. The standard InChI is InChI=1S/C11H10ClN/c1-8-6-11(8,7-13)9-3-2-4-10(12)5-9/h2-5,8H,6H2,1H3. The van der Waals surface area contributed by atoms with Gasteiger partial charge < -0.3 is 0 Å². The Kier molecular flexibility index (Phi) is 1.82. The molecule has 1 saturated carbocycles. The van der Waals surface area contributed by atoms with Crippen molar-refractivity contribution in [3.05, 3.63) is 34.9 Å². The zero-order chi connectivity index (χ0) is 9.47. The molecule has 1 aliphatic rings. The summed E-state index contributed by atoms with van der Waals surface area (Å²) in [6, 6.07) is 10.0. The Balaban J connectivity index is 2.42. The van der Waals surface area contributed by atoms with E-state index in [1.165, 1.54) is 0 Å². The number of nitriles is 1. The third-order valence-electron chi connectivity index (χ3n) is 2.85. The molecule has 2 unspecified atom stereocenters. The van der Waals surface area contributed by atoms with E-state index in [1.54, 1.807) is 0 Å². The van der Waals surface area contributed by atoms with Crippen molar-refractivity contribution in [2.24, 2.45) is 5.92 Å². The Bertz CT molecular complexity index is 380. The second-order valence-corrected chi connectivity index (χ2v) is 4.14. The van der Waals surface area contributed by atoms with E-state index in [0.29, 0.717) is 10.9 Å². The summed E-state index contributed by atoms with van der Waals surface area (Å²) in [5, 5.41) is 9.79. The number of benzene rings is 1. The highest BCUT2D eigenvalue weighted by Crippen LogP contribution is 2.53. The fourth-order valence-electron chi connectivity index (χ4n) is 1.81. The van der Waals surface area contributed by atoms with Gasteiger partial charge in [0.1, 0.15) is 0 Å². The van der Waals surface area contributed by atoms with Gasteiger partial charge in [-0.25, -0.2) is 0 Å². The van der Waals surface area contributed by atoms with E-state index in [9.17, 15) is 0 Å². The van der Waals surface area contributed by atoms with Gasteiger partial charge in [-0.3, -0.25) is 0 Å². The summed E-state index contributed by atoms with van der Waals surface area (Å²) >= 11 is 5.87. The normalized spacial score (nSPS) is 31.0. The van der Waals surface area contributed by atoms with E-state index in [4.69, 9.17) is 16.9 Å². The largest absolute Gasteiger partial charge is 0.197 e. The van der Waals surface area contributed by atoms with Gasteiger partial charge in [0.15, 0.2) is 0 Å². The average molecular weight is 192 g/mol. The molecule has 0 bridgehead atoms. The lowest BCUT2D eigenvalue weighted by molar-refractivity contribution is 0.792. The van der Waals surface area contributed by atoms with Gasteiger partial charge in [0.25, 0.3) is 0 Å². The van der Waals surface area contributed by atoms with Crippen LogP contribution in [-0.2, 0) is 5.41 Å². The van der Waals surface area contributed by atoms with Gasteiger partial charge in [-0.05, 0) is 30.0 Å². The van der Waals surface area contributed by atoms with Crippen molar-refractivity contribution in [1.82, 2.24) is 0 Å². The minimum atomic E-state index is -0.245. The van der Waals surface area contributed by atoms with Crippen LogP contribution in [0.15, 0.2) is 24.3 Å². The number of nitrogens with zero attached hydrogens (tertiary/aromatic N) is 1. The lowest BCUT2D eigenvalue weighted by Crippen LogP contribution is -2.05. The highest BCUT2D eigenvalue weighted by atomic mass is 35.5. The monoisotopic (exact) mass is 191 g/mol. The van der Waals surface area contributed by atoms with Crippen LogP contribution in [0.5, 0.6) is 0 Å². The zero-order valence-electron chi connectivity index (χ0n) is 7.42. The minimum Gasteiger partial charge on any atom is -0.197 e. The molecule has 0 heterocycles. The Morgan fingerprint density at radius 1 is 1.62 bits per heavy atom. The van der Waals surface area contributed by atoms with Gasteiger partial charge in [0, 0.05) is 5.02 Å². The number of hydrogen-bond donors (Lipinski definition) is 0. The first kappa shape index (κ1) is 8.59. The van der Waals surface area contributed by atoms with E-state index in [-0.39, 0.29) is 5.41 Å². The molecule has 1 aliphatic carbocycles. The predicted molar refractivity (Wildman–Crippen MR) is 52.5 cm³/mol. The molecule has 0 spiro atoms. The quantitative estimate of drug-likeness (QED) is 0.669. The Hall–Kier alpha value is -1.00. The third kappa shape index (κ3) is 1.22. The SMILES string of the molecule is CC1CC1(C#N)c1cccc(Cl)c1. The average Bonchev–Trinajstić information content (AvgIpc) is 2.78. The smallest absolute Gasteiger partial charge is 0.0852 e. The molecule has 0 radical (unpaired) electrons. The molecule has 1 nitrogen and oxygen atoms in total. The zero-order valence-corrected chi connectivity index (χ0v) is 8.17. The molecule has 2 heteroatoms. The van der Waals surface area contributed by atoms with Crippen LogP contribution in [0.1, 0.15) is 18.9 Å². The summed E-state index contributed by atoms with van der Waals surface area (Å²) < 4.78 is 0. The molecular weight excluding hydrogens is 182 g/mol. The molecule has 0 aliphatic heterocycles. The first-order chi connectivity index (χ1) is 6.19. The molecule has 1 fully saturated rings. The lowest BCUT2D eigenvalue weighted by atomic mass is 9.95. The number of hydrogen-bond acceptors (Lipinski definition) is 1. The summed E-state index contributed by atoms with van der Waals surface area (Å²) in [6.45, 7) is 2.10. The Labute approximate surface area is 82.9 Å². The lowest BCUT2D eigenvalue weighted by Gasteiger charge is -2.07. The van der Waals surface area contributed by atoms with Crippen molar-refractivity contribution in [1.29, 1.82) is 5.26 Å². The molecule has 0 N–H and O–H groups in total. The van der Waals surface area contributed by atoms with Crippen LogP contribution in [-0.4, -0.2) is 0 Å². The van der Waals surface area contributed by atoms with Gasteiger partial charge in [-0.2, -0.15) is 5.26 Å². The van der Waals surface area contributed by atoms with E-state index in [1.807, 2.05) is 24.3 Å². The number of halogens is 1. The maximum absolute atomic E-state index is 9.08. The fourth-order valence-corrected chi connectivity index (χ4v) is 2.00. The van der Waals surface area contributed by atoms with Crippen molar-refractivity contribution >= 4 is 11.6 Å². The van der Waals surface area contributed by atoms with Gasteiger partial charge >= 0.3 is 0 Å². The Morgan fingerprint density at radius 2 is 2.31 bits per heavy atom. The van der Waals surface area contributed by atoms with Gasteiger partial charge in [-0.1, -0.05) is 30.7 Å². The van der Waals surface area contributed by atoms with Crippen molar-refractivity contribution in [2.45, 2.75) is 18.8 Å². The molecule has 66 valence electrons. The van der Waals surface area contributed by atoms with Gasteiger partial charge in [0.2, 0.25) is 0 Å². The van der Waals surface area contributed by atoms with E-state index >= 15 is 0 Å². The molecule has 1 aromatic carbocycles. The molecule has 0 aromatic heterocycles. The van der Waals surface area contributed by atoms with Crippen molar-refractivity contribution < 1.29 is 0 Å². The van der Waals surface area contributed by atoms with Crippen LogP contribution >= 0.6 is 11.6 Å². The van der Waals surface area contributed by atoms with Crippen molar-refractivity contribution in [3.63, 3.8) is 0 Å². The van der Waals surface area contributed by atoms with E-state index < -0.39 is 0 Å². The summed E-state index contributed by atoms with van der Waals surface area (Å²) in [5.74, 6) is 0.468. The maximum Gasteiger partial charge on any atom is 0.0852 e. The molecule has 0 saturated heterocycles. The molecule has 0 amide bonds. The van der Waals surface area contributed by atoms with E-state index in [2.05, 4.69) is 13.0 Å². The fraction of sp³-hybridized carbons (Fsp3) is 0.364. The Morgan fingerprint density at radius 3 is 2.77 bits per heavy atom. The van der Waals surface area contributed by atoms with E-state index in [0.717, 1.165) is 12.0 Å². The highest BCUT2D eigenvalue weighted by Gasteiger charge is 2.53. The second kappa shape index (κ2) is 2.75. The summed E-state index contributed by atoms with van der Waals surface area (Å²) in [5.41, 5.74) is 0.820. The minimum absolute atomic E-state index is 0.245. The van der Waals surface area contributed by atoms with Crippen LogP contribution in [0, 0.1) is 17.2 Å². The second-order valence-electron chi connectivity index (χ2n) is 3.70. The van der Waals surface area contributed by atoms with Gasteiger partial charge in [0.05, 0.1) is 11.5 Å². The molecule has 2 rings (SSSR count). The van der Waals surface area contributed by atoms with Crippen LogP contribution in [0.4, 0.5) is 0 Å². The molecular formula is C11H10ClN.